The summed E-state index contributed by atoms with van der Waals surface area (Å²) in [6.45, 7) is -6.52. The molecule has 0 radical (unpaired) electrons. The first-order valence-corrected chi connectivity index (χ1v) is 28.2. The molecule has 484 valence electrons. The van der Waals surface area contributed by atoms with Gasteiger partial charge in [0.1, 0.15) is 66.0 Å². The largest absolute Gasteiger partial charge is 1.00 e. The normalized spacial score (nSPS) is 28.7. The molecule has 0 spiro atoms. The van der Waals surface area contributed by atoms with Gasteiger partial charge in [-0.2, -0.15) is 0 Å². The first-order valence-electron chi connectivity index (χ1n) is 32.3. The average molecular weight is 1300 g/mol. The third-order valence-electron chi connectivity index (χ3n) is 14.5. The van der Waals surface area contributed by atoms with Gasteiger partial charge in [-0.3, -0.25) is 38.4 Å². The van der Waals surface area contributed by atoms with Gasteiger partial charge in [0.25, 0.3) is 16.3 Å². The van der Waals surface area contributed by atoms with E-state index in [1.807, 2.05) is 16.0 Å². The third-order valence-corrected chi connectivity index (χ3v) is 14.9. The number of nitrogens with one attached hydrogen (secondary N) is 5. The number of hydrogen-bond donors (Lipinski definition) is 15. The minimum atomic E-state index is -5.64. The van der Waals surface area contributed by atoms with Crippen molar-refractivity contribution in [3.8, 4) is 39.8 Å². The second-order valence-corrected chi connectivity index (χ2v) is 21.9. The first kappa shape index (κ1) is 56.6. The topological polar surface area (TPSA) is 513 Å². The number of carbonyl (C=O) groups is 8. The molecule has 4 heterocycles. The van der Waals surface area contributed by atoms with E-state index >= 15 is 0 Å². The van der Waals surface area contributed by atoms with E-state index in [2.05, 4.69) is 20.0 Å². The van der Waals surface area contributed by atoms with Gasteiger partial charge in [-0.1, -0.05) is 49.9 Å². The van der Waals surface area contributed by atoms with Crippen molar-refractivity contribution in [3.63, 3.8) is 0 Å². The summed E-state index contributed by atoms with van der Waals surface area (Å²) in [5.74, 6) is -15.1. The molecule has 32 nitrogen and oxygen atoms in total. The Bertz CT molecular complexity index is 3850. The molecule has 90 heavy (non-hydrogen) atoms. The fourth-order valence-electron chi connectivity index (χ4n) is 9.91. The molecular weight excluding hydrogens is 1220 g/mol. The van der Waals surface area contributed by atoms with E-state index in [1.165, 1.54) is 49.4 Å². The summed E-state index contributed by atoms with van der Waals surface area (Å²) in [5, 5.41) is 116. The number of aliphatic hydroxyl groups excluding tert-OH is 8. The van der Waals surface area contributed by atoms with E-state index in [-0.39, 0.29) is 57.7 Å². The molecule has 0 unspecified atom stereocenters. The number of carbonyl (C=O) groups excluding carboxylic acids is 8. The van der Waals surface area contributed by atoms with Crippen molar-refractivity contribution in [2.24, 2.45) is 11.7 Å². The van der Waals surface area contributed by atoms with Crippen molar-refractivity contribution in [1.82, 2.24) is 41.5 Å². The summed E-state index contributed by atoms with van der Waals surface area (Å²) >= 11 is 0. The molecule has 3 aliphatic rings. The van der Waals surface area contributed by atoms with Crippen LogP contribution < -0.4 is 70.8 Å². The average Bonchev–Trinajstić information content (AvgIpc) is 1.48. The number of rotatable bonds is 18. The van der Waals surface area contributed by atoms with Crippen LogP contribution in [0.15, 0.2) is 77.3 Å². The van der Waals surface area contributed by atoms with Crippen LogP contribution >= 0.6 is 0 Å². The summed E-state index contributed by atoms with van der Waals surface area (Å²) in [6, 6.07) is -0.369. The van der Waals surface area contributed by atoms with Gasteiger partial charge in [-0.25, -0.2) is 8.42 Å². The van der Waals surface area contributed by atoms with Crippen molar-refractivity contribution in [3.05, 3.63) is 83.9 Å². The Balaban J connectivity index is 0.0000161. The molecule has 0 aliphatic carbocycles. The van der Waals surface area contributed by atoms with Gasteiger partial charge in [-0.15, -0.1) is 0 Å². The smallest absolute Gasteiger partial charge is 0.716 e. The standard InChI is InChI=1S/C56H71N9O23S.Na/c1-4-5-6-17-86-32-14-11-28(12-15-32)39-21-33(63-87-39)27-7-9-29(10-8-27)49(75)58-34-20-38(70)52(78)62-54(80)45-46(72)25(2)23-65(45)56(82)43(37(69)22-41(57)71)60-53(79)44(48(74)47(73)30-13-16-36(68)40(18-30)88-89(83,84)85)61-51(77)35-19-31(67)24-64(35)55(81)42(26(3)66)59-50(34)76;/h7-16,18,21,25-26,31,34-35,37-38,42-48,52,66-70,72-74,78H,4-6,17,19-20,22-24H2,1-3H3,(H2,57,71)(H,58,75)(H,59,76)(H,60,79)(H,61,77)(H,62,80)(H,83,84,85);/q;+1/p-1/t25-,26+,31+,34-,35-,37+,38+,42-,43-,44-,45-,46-,47-,48-,52+;/m0./s1/i1D3,4D2,5D2,6D2,17D2;. The number of aromatic nitrogens is 1. The number of aliphatic hydroxyl groups is 8. The van der Waals surface area contributed by atoms with Gasteiger partial charge < -0.3 is 106 Å². The Morgan fingerprint density at radius 1 is 0.833 bits per heavy atom. The Kier molecular flexibility index (Phi) is 19.6. The monoisotopic (exact) mass is 1300 g/mol. The van der Waals surface area contributed by atoms with Crippen LogP contribution in [0.4, 0.5) is 0 Å². The Morgan fingerprint density at radius 2 is 1.48 bits per heavy atom. The maximum atomic E-state index is 14.7. The molecule has 3 aromatic carbocycles. The molecular formula is C56H70N9NaO23S. The number of fused-ring (bicyclic) bond motifs is 2. The van der Waals surface area contributed by atoms with Gasteiger partial charge in [0.15, 0.2) is 23.5 Å². The van der Waals surface area contributed by atoms with E-state index in [9.17, 15) is 97.3 Å². The Hall–Kier alpha value is -7.38. The van der Waals surface area contributed by atoms with Crippen LogP contribution in [-0.2, 0) is 44.0 Å². The van der Waals surface area contributed by atoms with Crippen LogP contribution in [0.5, 0.6) is 17.2 Å². The summed E-state index contributed by atoms with van der Waals surface area (Å²) < 4.78 is 136. The van der Waals surface area contributed by atoms with E-state index < -0.39 is 236 Å². The molecule has 0 bridgehead atoms. The van der Waals surface area contributed by atoms with Gasteiger partial charge in [-0.05, 0) is 67.4 Å². The van der Waals surface area contributed by atoms with Gasteiger partial charge in [0.2, 0.25) is 41.4 Å². The molecule has 1 aromatic heterocycles. The molecule has 8 amide bonds. The van der Waals surface area contributed by atoms with Crippen LogP contribution in [-0.4, -0.2) is 220 Å². The zero-order chi connectivity index (χ0) is 75.0. The van der Waals surface area contributed by atoms with Crippen molar-refractivity contribution in [2.45, 2.75) is 144 Å². The van der Waals surface area contributed by atoms with Crippen LogP contribution in [0.2, 0.25) is 0 Å². The van der Waals surface area contributed by atoms with E-state index in [4.69, 9.17) is 30.1 Å². The van der Waals surface area contributed by atoms with Crippen molar-refractivity contribution < 1.29 is 155 Å². The summed E-state index contributed by atoms with van der Waals surface area (Å²) in [5.41, 5.74) is 5.05. The zero-order valence-electron chi connectivity index (χ0n) is 58.7. The number of nitrogens with zero attached hydrogens (tertiary/aromatic N) is 3. The molecule has 34 heteroatoms. The SMILES string of the molecule is [2H]C([2H])([2H])C([2H])([2H])C([2H])([2H])C([2H])([2H])C([2H])([2H])Oc1ccc(-c2cc(-c3ccc(C(=O)N[C@H]4C[C@@H](O)[C@@H](O)NC(=O)[C@@H]5[C@@H](O)[C@@H](C)CN5C(=O)[C@H]([C@H](O)CC(N)=O)NC(=O)[C@H]([C@H](O)[C@@H](O)c5ccc(O)c(OS(=O)(=O)[O-])c5)NC(=O)[C@@H]5C[C@@H](O)CN5C(=O)[C@H]([C@@H](C)O)NC4=O)cc3)no2)cc1.[Na+]. The molecule has 16 N–H and O–H groups in total. The minimum Gasteiger partial charge on any atom is -0.716 e. The Labute approximate surface area is 551 Å². The van der Waals surface area contributed by atoms with E-state index in [0.717, 1.165) is 25.1 Å². The number of amides is 8. The van der Waals surface area contributed by atoms with Gasteiger partial charge in [0, 0.05) is 66.9 Å². The molecule has 4 aromatic rings. The second-order valence-electron chi connectivity index (χ2n) is 20.9. The van der Waals surface area contributed by atoms with Crippen molar-refractivity contribution in [1.29, 1.82) is 0 Å². The predicted octanol–water partition coefficient (Wildman–Crippen LogP) is -7.24. The second kappa shape index (κ2) is 31.1. The predicted molar refractivity (Wildman–Crippen MR) is 302 cm³/mol. The number of aromatic hydroxyl groups is 1. The molecule has 0 saturated carbocycles. The number of ether oxygens (including phenoxy) is 1. The van der Waals surface area contributed by atoms with Crippen LogP contribution in [0.1, 0.15) is 96.2 Å². The molecule has 7 rings (SSSR count). The number of phenols is 1. The van der Waals surface area contributed by atoms with Crippen LogP contribution in [0.25, 0.3) is 22.6 Å². The number of phenolic OH excluding ortho intramolecular Hbond substituents is 1. The molecule has 15 atom stereocenters. The summed E-state index contributed by atoms with van der Waals surface area (Å²) in [6.07, 6.45) is -32.8. The van der Waals surface area contributed by atoms with Crippen molar-refractivity contribution in [2.75, 3.05) is 19.6 Å². The zero-order valence-corrected chi connectivity index (χ0v) is 50.5. The maximum absolute atomic E-state index is 14.7. The molecule has 3 aliphatic heterocycles. The number of primary amides is 1. The number of hydrogen-bond acceptors (Lipinski definition) is 24. The quantitative estimate of drug-likeness (QED) is 0.0250. The maximum Gasteiger partial charge on any atom is 1.00 e. The van der Waals surface area contributed by atoms with Gasteiger partial charge >= 0.3 is 29.6 Å². The Morgan fingerprint density at radius 3 is 2.12 bits per heavy atom. The van der Waals surface area contributed by atoms with Crippen LogP contribution in [0.3, 0.4) is 0 Å². The molecule has 3 fully saturated rings. The van der Waals surface area contributed by atoms with E-state index in [1.54, 1.807) is 0 Å². The number of nitrogens with two attached hydrogens (primary N) is 1. The fraction of sp³-hybridized carbons (Fsp3) is 0.482. The van der Waals surface area contributed by atoms with Crippen molar-refractivity contribution >= 4 is 57.7 Å². The first-order chi connectivity index (χ1) is 46.1. The minimum absolute atomic E-state index is 0. The van der Waals surface area contributed by atoms with Crippen LogP contribution in [0, 0.1) is 5.92 Å². The molecule has 3 saturated heterocycles. The fourth-order valence-corrected chi connectivity index (χ4v) is 10.3. The van der Waals surface area contributed by atoms with Gasteiger partial charge in [0.05, 0.1) is 40.1 Å². The third kappa shape index (κ3) is 17.8. The number of benzene rings is 3. The summed E-state index contributed by atoms with van der Waals surface area (Å²) in [7, 11) is -5.64. The summed E-state index contributed by atoms with van der Waals surface area (Å²) in [4.78, 5) is 115. The van der Waals surface area contributed by atoms with E-state index in [0.29, 0.717) is 21.9 Å².